The summed E-state index contributed by atoms with van der Waals surface area (Å²) in [7, 11) is 0. The molecule has 2 aromatic carbocycles. The normalized spacial score (nSPS) is 11.6. The summed E-state index contributed by atoms with van der Waals surface area (Å²) < 4.78 is 51.6. The molecule has 0 aliphatic rings. The third kappa shape index (κ3) is 2.76. The van der Waals surface area contributed by atoms with Gasteiger partial charge in [0.15, 0.2) is 0 Å². The van der Waals surface area contributed by atoms with Gasteiger partial charge in [0.25, 0.3) is 0 Å². The summed E-state index contributed by atoms with van der Waals surface area (Å²) in [5.74, 6) is -1.29. The lowest BCUT2D eigenvalue weighted by atomic mass is 10.0. The third-order valence-corrected chi connectivity index (χ3v) is 2.75. The topological polar surface area (TPSA) is 20.2 Å². The lowest BCUT2D eigenvalue weighted by molar-refractivity contribution is -0.139. The summed E-state index contributed by atoms with van der Waals surface area (Å²) in [4.78, 5) is 0. The molecule has 0 fully saturated rings. The van der Waals surface area contributed by atoms with E-state index in [0.29, 0.717) is 17.2 Å². The van der Waals surface area contributed by atoms with Gasteiger partial charge in [-0.05, 0) is 17.2 Å². The Labute approximate surface area is 107 Å². The van der Waals surface area contributed by atoms with Crippen molar-refractivity contribution in [1.82, 2.24) is 0 Å². The van der Waals surface area contributed by atoms with Crippen LogP contribution in [0.3, 0.4) is 0 Å². The molecule has 2 aromatic rings. The molecule has 1 nitrogen and oxygen atoms in total. The molecule has 0 saturated heterocycles. The molecule has 0 heterocycles. The van der Waals surface area contributed by atoms with Crippen molar-refractivity contribution in [3.8, 4) is 11.1 Å². The molecular formula is C14H10F4O. The maximum atomic E-state index is 13.9. The van der Waals surface area contributed by atoms with Crippen molar-refractivity contribution in [2.24, 2.45) is 0 Å². The molecule has 0 saturated carbocycles. The van der Waals surface area contributed by atoms with E-state index >= 15 is 0 Å². The Hall–Kier alpha value is -1.88. The van der Waals surface area contributed by atoms with Crippen molar-refractivity contribution in [3.63, 3.8) is 0 Å². The number of aliphatic hydroxyl groups excluding tert-OH is 1. The average molecular weight is 270 g/mol. The molecule has 19 heavy (non-hydrogen) atoms. The fourth-order valence-corrected chi connectivity index (χ4v) is 1.76. The van der Waals surface area contributed by atoms with Crippen LogP contribution in [0.4, 0.5) is 17.6 Å². The maximum absolute atomic E-state index is 13.9. The number of aliphatic hydroxyl groups is 1. The van der Waals surface area contributed by atoms with Gasteiger partial charge in [-0.2, -0.15) is 13.2 Å². The molecule has 0 aliphatic carbocycles. The van der Waals surface area contributed by atoms with Crippen LogP contribution in [-0.4, -0.2) is 5.11 Å². The summed E-state index contributed by atoms with van der Waals surface area (Å²) in [6, 6.07) is 9.19. The molecular weight excluding hydrogens is 260 g/mol. The van der Waals surface area contributed by atoms with Crippen LogP contribution in [0.25, 0.3) is 11.1 Å². The molecule has 0 amide bonds. The molecule has 0 unspecified atom stereocenters. The van der Waals surface area contributed by atoms with E-state index in [-0.39, 0.29) is 12.2 Å². The molecule has 0 atom stereocenters. The summed E-state index contributed by atoms with van der Waals surface area (Å²) in [5, 5.41) is 8.88. The number of hydrogen-bond acceptors (Lipinski definition) is 1. The molecule has 100 valence electrons. The second-order valence-corrected chi connectivity index (χ2v) is 4.02. The summed E-state index contributed by atoms with van der Waals surface area (Å²) in [6.07, 6.45) is -4.72. The van der Waals surface area contributed by atoms with E-state index in [9.17, 15) is 17.6 Å². The fraction of sp³-hybridized carbons (Fsp3) is 0.143. The lowest BCUT2D eigenvalue weighted by Crippen LogP contribution is -2.08. The van der Waals surface area contributed by atoms with E-state index in [1.165, 1.54) is 36.4 Å². The van der Waals surface area contributed by atoms with Crippen LogP contribution in [0.15, 0.2) is 42.5 Å². The lowest BCUT2D eigenvalue weighted by Gasteiger charge is -2.11. The molecule has 0 aromatic heterocycles. The van der Waals surface area contributed by atoms with Crippen molar-refractivity contribution >= 4 is 0 Å². The Morgan fingerprint density at radius 1 is 0.947 bits per heavy atom. The number of rotatable bonds is 2. The number of hydrogen-bond donors (Lipinski definition) is 1. The minimum Gasteiger partial charge on any atom is -0.392 e. The van der Waals surface area contributed by atoms with Gasteiger partial charge in [0.2, 0.25) is 0 Å². The van der Waals surface area contributed by atoms with Crippen LogP contribution in [0.2, 0.25) is 0 Å². The van der Waals surface area contributed by atoms with Gasteiger partial charge in [0.05, 0.1) is 12.2 Å². The highest BCUT2D eigenvalue weighted by molar-refractivity contribution is 5.65. The van der Waals surface area contributed by atoms with Gasteiger partial charge < -0.3 is 5.11 Å². The smallest absolute Gasteiger partial charge is 0.392 e. The molecule has 0 aliphatic heterocycles. The van der Waals surface area contributed by atoms with Crippen LogP contribution in [0, 0.1) is 5.82 Å². The zero-order chi connectivity index (χ0) is 14.0. The second kappa shape index (κ2) is 5.01. The van der Waals surface area contributed by atoms with E-state index in [0.717, 1.165) is 0 Å². The SMILES string of the molecule is OCc1ccc(-c2cccc(C(F)(F)F)c2F)cc1. The number of benzene rings is 2. The van der Waals surface area contributed by atoms with Gasteiger partial charge in [0, 0.05) is 5.56 Å². The Bertz CT molecular complexity index is 573. The molecule has 1 N–H and O–H groups in total. The Kier molecular flexibility index (Phi) is 3.57. The average Bonchev–Trinajstić information content (AvgIpc) is 2.38. The van der Waals surface area contributed by atoms with Crippen molar-refractivity contribution in [2.45, 2.75) is 12.8 Å². The second-order valence-electron chi connectivity index (χ2n) is 4.02. The maximum Gasteiger partial charge on any atom is 0.419 e. The monoisotopic (exact) mass is 270 g/mol. The van der Waals surface area contributed by atoms with Crippen molar-refractivity contribution in [2.75, 3.05) is 0 Å². The molecule has 0 radical (unpaired) electrons. The van der Waals surface area contributed by atoms with Gasteiger partial charge in [0.1, 0.15) is 5.82 Å². The summed E-state index contributed by atoms with van der Waals surface area (Å²) in [5.41, 5.74) is -0.451. The van der Waals surface area contributed by atoms with Gasteiger partial charge in [-0.1, -0.05) is 36.4 Å². The zero-order valence-electron chi connectivity index (χ0n) is 9.71. The van der Waals surface area contributed by atoms with Crippen molar-refractivity contribution < 1.29 is 22.7 Å². The first-order chi connectivity index (χ1) is 8.93. The van der Waals surface area contributed by atoms with E-state index in [1.807, 2.05) is 0 Å². The molecule has 0 bridgehead atoms. The van der Waals surface area contributed by atoms with Crippen LogP contribution in [0.5, 0.6) is 0 Å². The Balaban J connectivity index is 2.50. The standard InChI is InChI=1S/C14H10F4O/c15-13-11(2-1-3-12(13)14(16,17)18)10-6-4-9(8-19)5-7-10/h1-7,19H,8H2. The predicted molar refractivity (Wildman–Crippen MR) is 62.8 cm³/mol. The van der Waals surface area contributed by atoms with E-state index in [4.69, 9.17) is 5.11 Å². The minimum atomic E-state index is -4.72. The highest BCUT2D eigenvalue weighted by Crippen LogP contribution is 2.35. The van der Waals surface area contributed by atoms with Crippen LogP contribution >= 0.6 is 0 Å². The van der Waals surface area contributed by atoms with Gasteiger partial charge in [-0.25, -0.2) is 4.39 Å². The molecule has 5 heteroatoms. The van der Waals surface area contributed by atoms with Crippen molar-refractivity contribution in [1.29, 1.82) is 0 Å². The largest absolute Gasteiger partial charge is 0.419 e. The molecule has 2 rings (SSSR count). The van der Waals surface area contributed by atoms with Crippen LogP contribution < -0.4 is 0 Å². The number of halogens is 4. The number of alkyl halides is 3. The van der Waals surface area contributed by atoms with Gasteiger partial charge in [-0.15, -0.1) is 0 Å². The van der Waals surface area contributed by atoms with E-state index in [2.05, 4.69) is 0 Å². The highest BCUT2D eigenvalue weighted by Gasteiger charge is 2.34. The fourth-order valence-electron chi connectivity index (χ4n) is 1.76. The first-order valence-corrected chi connectivity index (χ1v) is 5.49. The third-order valence-electron chi connectivity index (χ3n) is 2.75. The van der Waals surface area contributed by atoms with Crippen molar-refractivity contribution in [3.05, 3.63) is 59.4 Å². The quantitative estimate of drug-likeness (QED) is 0.818. The van der Waals surface area contributed by atoms with Gasteiger partial charge in [-0.3, -0.25) is 0 Å². The first kappa shape index (κ1) is 13.5. The summed E-state index contributed by atoms with van der Waals surface area (Å²) in [6.45, 7) is -0.175. The van der Waals surface area contributed by atoms with Crippen LogP contribution in [-0.2, 0) is 12.8 Å². The molecule has 0 spiro atoms. The van der Waals surface area contributed by atoms with Crippen LogP contribution in [0.1, 0.15) is 11.1 Å². The van der Waals surface area contributed by atoms with E-state index in [1.54, 1.807) is 0 Å². The predicted octanol–water partition coefficient (Wildman–Crippen LogP) is 4.00. The first-order valence-electron chi connectivity index (χ1n) is 5.49. The minimum absolute atomic E-state index is 0.112. The zero-order valence-corrected chi connectivity index (χ0v) is 9.71. The van der Waals surface area contributed by atoms with Gasteiger partial charge >= 0.3 is 6.18 Å². The summed E-state index contributed by atoms with van der Waals surface area (Å²) >= 11 is 0. The highest BCUT2D eigenvalue weighted by atomic mass is 19.4. The van der Waals surface area contributed by atoms with E-state index < -0.39 is 17.6 Å². The Morgan fingerprint density at radius 2 is 1.58 bits per heavy atom. The Morgan fingerprint density at radius 3 is 2.11 bits per heavy atom.